The van der Waals surface area contributed by atoms with E-state index in [1.807, 2.05) is 6.07 Å². The molecule has 0 fully saturated rings. The van der Waals surface area contributed by atoms with Crippen LogP contribution in [0.15, 0.2) is 59.9 Å². The number of benzene rings is 1. The van der Waals surface area contributed by atoms with Crippen LogP contribution >= 0.6 is 0 Å². The monoisotopic (exact) mass is 367 g/mol. The van der Waals surface area contributed by atoms with Crippen molar-refractivity contribution in [3.05, 3.63) is 66.2 Å². The molecule has 26 heavy (non-hydrogen) atoms. The van der Waals surface area contributed by atoms with Crippen LogP contribution in [-0.4, -0.2) is 33.9 Å². The number of nitrogens with one attached hydrogen (secondary N) is 1. The number of rotatable bonds is 3. The second kappa shape index (κ2) is 5.88. The highest BCUT2D eigenvalue weighted by molar-refractivity contribution is 7.90. The Labute approximate surface area is 148 Å². The SMILES string of the molecule is Cc1c(C(=O)NS(=O)(=O)c2cnc3ccccc3c2)cnc2ccnn12. The number of amides is 1. The van der Waals surface area contributed by atoms with E-state index >= 15 is 0 Å². The lowest BCUT2D eigenvalue weighted by Crippen LogP contribution is -2.31. The summed E-state index contributed by atoms with van der Waals surface area (Å²) in [7, 11) is -4.08. The molecule has 0 radical (unpaired) electrons. The highest BCUT2D eigenvalue weighted by Gasteiger charge is 2.22. The van der Waals surface area contributed by atoms with Crippen LogP contribution in [0.1, 0.15) is 16.1 Å². The molecule has 0 saturated heterocycles. The van der Waals surface area contributed by atoms with Crippen molar-refractivity contribution in [2.24, 2.45) is 0 Å². The molecular formula is C17H13N5O3S. The lowest BCUT2D eigenvalue weighted by molar-refractivity contribution is 0.0980. The lowest BCUT2D eigenvalue weighted by Gasteiger charge is -2.09. The fourth-order valence-corrected chi connectivity index (χ4v) is 3.59. The molecule has 1 N–H and O–H groups in total. The van der Waals surface area contributed by atoms with Gasteiger partial charge in [0.15, 0.2) is 5.65 Å². The number of aryl methyl sites for hydroxylation is 1. The molecule has 8 nitrogen and oxygen atoms in total. The predicted molar refractivity (Wildman–Crippen MR) is 94.1 cm³/mol. The Bertz CT molecular complexity index is 1260. The zero-order valence-corrected chi connectivity index (χ0v) is 14.4. The molecule has 0 aliphatic carbocycles. The fraction of sp³-hybridized carbons (Fsp3) is 0.0588. The van der Waals surface area contributed by atoms with E-state index in [1.165, 1.54) is 23.0 Å². The van der Waals surface area contributed by atoms with Crippen LogP contribution in [-0.2, 0) is 10.0 Å². The highest BCUT2D eigenvalue weighted by Crippen LogP contribution is 2.17. The molecule has 0 atom stereocenters. The van der Waals surface area contributed by atoms with E-state index in [1.54, 1.807) is 37.4 Å². The summed E-state index contributed by atoms with van der Waals surface area (Å²) >= 11 is 0. The number of carbonyl (C=O) groups is 1. The molecule has 0 saturated carbocycles. The zero-order valence-electron chi connectivity index (χ0n) is 13.6. The summed E-state index contributed by atoms with van der Waals surface area (Å²) in [4.78, 5) is 20.6. The Morgan fingerprint density at radius 2 is 1.92 bits per heavy atom. The van der Waals surface area contributed by atoms with Crippen molar-refractivity contribution in [2.45, 2.75) is 11.8 Å². The summed E-state index contributed by atoms with van der Waals surface area (Å²) in [5.74, 6) is -0.777. The van der Waals surface area contributed by atoms with Crippen molar-refractivity contribution >= 4 is 32.5 Å². The van der Waals surface area contributed by atoms with Crippen LogP contribution < -0.4 is 4.72 Å². The van der Waals surface area contributed by atoms with Gasteiger partial charge in [0.1, 0.15) is 4.90 Å². The van der Waals surface area contributed by atoms with Crippen LogP contribution in [0.5, 0.6) is 0 Å². The van der Waals surface area contributed by atoms with Crippen molar-refractivity contribution < 1.29 is 13.2 Å². The van der Waals surface area contributed by atoms with Gasteiger partial charge in [-0.15, -0.1) is 0 Å². The molecule has 3 heterocycles. The van der Waals surface area contributed by atoms with Gasteiger partial charge in [-0.25, -0.2) is 22.6 Å². The first-order chi connectivity index (χ1) is 12.5. The summed E-state index contributed by atoms with van der Waals surface area (Å²) in [6.07, 6.45) is 4.10. The number of pyridine rings is 1. The first-order valence-corrected chi connectivity index (χ1v) is 9.15. The van der Waals surface area contributed by atoms with Crippen LogP contribution in [0.3, 0.4) is 0 Å². The van der Waals surface area contributed by atoms with Gasteiger partial charge in [-0.2, -0.15) is 5.10 Å². The second-order valence-corrected chi connectivity index (χ2v) is 7.34. The van der Waals surface area contributed by atoms with Crippen molar-refractivity contribution in [1.29, 1.82) is 0 Å². The second-order valence-electron chi connectivity index (χ2n) is 5.66. The van der Waals surface area contributed by atoms with Gasteiger partial charge < -0.3 is 0 Å². The number of fused-ring (bicyclic) bond motifs is 2. The highest BCUT2D eigenvalue weighted by atomic mass is 32.2. The number of hydrogen-bond acceptors (Lipinski definition) is 6. The van der Waals surface area contributed by atoms with Crippen molar-refractivity contribution in [3.8, 4) is 0 Å². The molecule has 4 aromatic rings. The third kappa shape index (κ3) is 2.68. The summed E-state index contributed by atoms with van der Waals surface area (Å²) in [5, 5.41) is 4.73. The first kappa shape index (κ1) is 16.2. The number of aromatic nitrogens is 4. The summed E-state index contributed by atoms with van der Waals surface area (Å²) in [6.45, 7) is 1.67. The lowest BCUT2D eigenvalue weighted by atomic mass is 10.2. The molecule has 1 amide bonds. The normalized spacial score (nSPS) is 11.7. The van der Waals surface area contributed by atoms with Gasteiger partial charge in [-0.1, -0.05) is 18.2 Å². The minimum atomic E-state index is -4.08. The van der Waals surface area contributed by atoms with Crippen molar-refractivity contribution in [1.82, 2.24) is 24.3 Å². The van der Waals surface area contributed by atoms with Gasteiger partial charge in [0.2, 0.25) is 0 Å². The Morgan fingerprint density at radius 1 is 1.12 bits per heavy atom. The van der Waals surface area contributed by atoms with Crippen LogP contribution in [0, 0.1) is 6.92 Å². The number of nitrogens with zero attached hydrogens (tertiary/aromatic N) is 4. The van der Waals surface area contributed by atoms with E-state index in [0.29, 0.717) is 22.2 Å². The van der Waals surface area contributed by atoms with Crippen LogP contribution in [0.2, 0.25) is 0 Å². The molecule has 0 bridgehead atoms. The maximum absolute atomic E-state index is 12.6. The quantitative estimate of drug-likeness (QED) is 0.591. The Hall–Kier alpha value is -3.33. The van der Waals surface area contributed by atoms with E-state index in [4.69, 9.17) is 0 Å². The number of sulfonamides is 1. The molecule has 0 aliphatic heterocycles. The average Bonchev–Trinajstić information content (AvgIpc) is 3.11. The van der Waals surface area contributed by atoms with Gasteiger partial charge in [0.05, 0.1) is 23.0 Å². The molecular weight excluding hydrogens is 354 g/mol. The smallest absolute Gasteiger partial charge is 0.268 e. The minimum absolute atomic E-state index is 0.0877. The predicted octanol–water partition coefficient (Wildman–Crippen LogP) is 1.70. The summed E-state index contributed by atoms with van der Waals surface area (Å²) in [5.41, 5.74) is 1.85. The van der Waals surface area contributed by atoms with Crippen molar-refractivity contribution in [3.63, 3.8) is 0 Å². The Balaban J connectivity index is 1.69. The Kier molecular flexibility index (Phi) is 3.66. The molecule has 1 aromatic carbocycles. The van der Waals surface area contributed by atoms with E-state index in [9.17, 15) is 13.2 Å². The van der Waals surface area contributed by atoms with Gasteiger partial charge in [0.25, 0.3) is 15.9 Å². The maximum Gasteiger partial charge on any atom is 0.268 e. The van der Waals surface area contributed by atoms with E-state index in [-0.39, 0.29) is 10.5 Å². The van der Waals surface area contributed by atoms with Crippen molar-refractivity contribution in [2.75, 3.05) is 0 Å². The minimum Gasteiger partial charge on any atom is -0.268 e. The molecule has 9 heteroatoms. The number of hydrogen-bond donors (Lipinski definition) is 1. The van der Waals surface area contributed by atoms with Gasteiger partial charge in [-0.05, 0) is 19.1 Å². The molecule has 3 aromatic heterocycles. The first-order valence-electron chi connectivity index (χ1n) is 7.67. The van der Waals surface area contributed by atoms with E-state index < -0.39 is 15.9 Å². The van der Waals surface area contributed by atoms with E-state index in [0.717, 1.165) is 0 Å². The molecule has 0 spiro atoms. The number of carbonyl (C=O) groups excluding carboxylic acids is 1. The van der Waals surface area contributed by atoms with Crippen LogP contribution in [0.25, 0.3) is 16.6 Å². The fourth-order valence-electron chi connectivity index (χ4n) is 2.65. The van der Waals surface area contributed by atoms with Gasteiger partial charge in [-0.3, -0.25) is 9.78 Å². The topological polar surface area (TPSA) is 106 Å². The summed E-state index contributed by atoms with van der Waals surface area (Å²) < 4.78 is 28.7. The van der Waals surface area contributed by atoms with Gasteiger partial charge in [0, 0.05) is 23.8 Å². The Morgan fingerprint density at radius 3 is 2.77 bits per heavy atom. The van der Waals surface area contributed by atoms with Crippen LogP contribution in [0.4, 0.5) is 0 Å². The molecule has 0 aliphatic rings. The van der Waals surface area contributed by atoms with E-state index in [2.05, 4.69) is 19.8 Å². The largest absolute Gasteiger partial charge is 0.268 e. The third-order valence-corrected chi connectivity index (χ3v) is 5.30. The molecule has 130 valence electrons. The standard InChI is InChI=1S/C17H13N5O3S/c1-11-14(10-19-16-6-7-20-22(11)16)17(23)21-26(24,25)13-8-12-4-2-3-5-15(12)18-9-13/h2-10H,1H3,(H,21,23). The average molecular weight is 367 g/mol. The number of para-hydroxylation sites is 1. The third-order valence-electron chi connectivity index (χ3n) is 4.00. The molecule has 4 rings (SSSR count). The zero-order chi connectivity index (χ0) is 18.3. The summed E-state index contributed by atoms with van der Waals surface area (Å²) in [6, 6.07) is 10.3. The maximum atomic E-state index is 12.6. The molecule has 0 unspecified atom stereocenters. The van der Waals surface area contributed by atoms with Gasteiger partial charge >= 0.3 is 0 Å².